The van der Waals surface area contributed by atoms with Crippen LogP contribution in [0.3, 0.4) is 0 Å². The highest BCUT2D eigenvalue weighted by atomic mass is 35.5. The first-order chi connectivity index (χ1) is 8.04. The van der Waals surface area contributed by atoms with E-state index in [9.17, 15) is 0 Å². The molecule has 0 radical (unpaired) electrons. The number of halogens is 1. The molecule has 0 saturated carbocycles. The summed E-state index contributed by atoms with van der Waals surface area (Å²) in [6.45, 7) is 6.04. The Kier molecular flexibility index (Phi) is 3.34. The van der Waals surface area contributed by atoms with Crippen molar-refractivity contribution in [1.29, 1.82) is 0 Å². The highest BCUT2D eigenvalue weighted by Gasteiger charge is 2.04. The Bertz CT molecular complexity index is 532. The SMILES string of the molecule is Cc1cc(C)cc(Oc2cc(Cl)ncc2C)c1. The molecule has 1 aromatic carbocycles. The fourth-order valence-corrected chi connectivity index (χ4v) is 1.86. The molecule has 0 spiro atoms. The van der Waals surface area contributed by atoms with Gasteiger partial charge in [0.2, 0.25) is 0 Å². The summed E-state index contributed by atoms with van der Waals surface area (Å²) in [4.78, 5) is 4.00. The molecule has 2 aromatic rings. The molecule has 0 saturated heterocycles. The minimum Gasteiger partial charge on any atom is -0.457 e. The molecular formula is C14H14ClNO. The Hall–Kier alpha value is -1.54. The maximum absolute atomic E-state index is 5.85. The van der Waals surface area contributed by atoms with E-state index in [4.69, 9.17) is 16.3 Å². The number of hydrogen-bond acceptors (Lipinski definition) is 2. The van der Waals surface area contributed by atoms with Crippen LogP contribution in [0.15, 0.2) is 30.5 Å². The summed E-state index contributed by atoms with van der Waals surface area (Å²) in [5, 5.41) is 0.440. The number of pyridine rings is 1. The topological polar surface area (TPSA) is 22.1 Å². The van der Waals surface area contributed by atoms with Crippen molar-refractivity contribution in [2.75, 3.05) is 0 Å². The molecule has 0 unspecified atom stereocenters. The van der Waals surface area contributed by atoms with E-state index in [1.54, 1.807) is 12.3 Å². The van der Waals surface area contributed by atoms with Crippen molar-refractivity contribution in [3.63, 3.8) is 0 Å². The largest absolute Gasteiger partial charge is 0.457 e. The summed E-state index contributed by atoms with van der Waals surface area (Å²) in [6, 6.07) is 7.84. The first kappa shape index (κ1) is 11.9. The van der Waals surface area contributed by atoms with Crippen LogP contribution < -0.4 is 4.74 Å². The lowest BCUT2D eigenvalue weighted by atomic mass is 10.1. The number of aryl methyl sites for hydroxylation is 3. The molecule has 2 nitrogen and oxygen atoms in total. The molecule has 1 aromatic heterocycles. The second kappa shape index (κ2) is 4.76. The van der Waals surface area contributed by atoms with E-state index in [-0.39, 0.29) is 0 Å². The summed E-state index contributed by atoms with van der Waals surface area (Å²) < 4.78 is 5.83. The number of hydrogen-bond donors (Lipinski definition) is 0. The fraction of sp³-hybridized carbons (Fsp3) is 0.214. The van der Waals surface area contributed by atoms with Crippen LogP contribution in [0.1, 0.15) is 16.7 Å². The predicted molar refractivity (Wildman–Crippen MR) is 70.0 cm³/mol. The predicted octanol–water partition coefficient (Wildman–Crippen LogP) is 4.45. The van der Waals surface area contributed by atoms with E-state index in [1.165, 1.54) is 11.1 Å². The van der Waals surface area contributed by atoms with Crippen molar-refractivity contribution < 1.29 is 4.74 Å². The van der Waals surface area contributed by atoms with E-state index in [0.717, 1.165) is 17.1 Å². The number of rotatable bonds is 2. The molecule has 0 N–H and O–H groups in total. The normalized spacial score (nSPS) is 10.4. The van der Waals surface area contributed by atoms with Crippen LogP contribution in [-0.4, -0.2) is 4.98 Å². The summed E-state index contributed by atoms with van der Waals surface area (Å²) in [7, 11) is 0. The Morgan fingerprint density at radius 3 is 2.29 bits per heavy atom. The van der Waals surface area contributed by atoms with E-state index in [0.29, 0.717) is 5.15 Å². The smallest absolute Gasteiger partial charge is 0.134 e. The average molecular weight is 248 g/mol. The first-order valence-electron chi connectivity index (χ1n) is 5.43. The van der Waals surface area contributed by atoms with E-state index < -0.39 is 0 Å². The number of benzene rings is 1. The summed E-state index contributed by atoms with van der Waals surface area (Å²) in [6.07, 6.45) is 1.71. The second-order valence-electron chi connectivity index (χ2n) is 4.20. The highest BCUT2D eigenvalue weighted by Crippen LogP contribution is 2.27. The van der Waals surface area contributed by atoms with E-state index in [1.807, 2.05) is 32.9 Å². The number of aromatic nitrogens is 1. The van der Waals surface area contributed by atoms with Crippen molar-refractivity contribution >= 4 is 11.6 Å². The zero-order valence-corrected chi connectivity index (χ0v) is 10.9. The molecule has 0 amide bonds. The van der Waals surface area contributed by atoms with Gasteiger partial charge < -0.3 is 4.74 Å². The van der Waals surface area contributed by atoms with E-state index in [2.05, 4.69) is 11.1 Å². The molecule has 2 rings (SSSR count). The van der Waals surface area contributed by atoms with Crippen molar-refractivity contribution in [2.45, 2.75) is 20.8 Å². The van der Waals surface area contributed by atoms with Gasteiger partial charge in [-0.3, -0.25) is 0 Å². The molecule has 88 valence electrons. The molecule has 0 bridgehead atoms. The van der Waals surface area contributed by atoms with Crippen molar-refractivity contribution in [1.82, 2.24) is 4.98 Å². The van der Waals surface area contributed by atoms with Crippen LogP contribution >= 0.6 is 11.6 Å². The van der Waals surface area contributed by atoms with Gasteiger partial charge in [0, 0.05) is 17.8 Å². The molecule has 17 heavy (non-hydrogen) atoms. The Balaban J connectivity index is 2.34. The summed E-state index contributed by atoms with van der Waals surface area (Å²) >= 11 is 5.85. The second-order valence-corrected chi connectivity index (χ2v) is 4.59. The molecule has 0 atom stereocenters. The zero-order valence-electron chi connectivity index (χ0n) is 10.1. The van der Waals surface area contributed by atoms with Gasteiger partial charge in [-0.1, -0.05) is 17.7 Å². The zero-order chi connectivity index (χ0) is 12.4. The fourth-order valence-electron chi connectivity index (χ4n) is 1.71. The van der Waals surface area contributed by atoms with Crippen LogP contribution in [-0.2, 0) is 0 Å². The minimum absolute atomic E-state index is 0.440. The third kappa shape index (κ3) is 2.98. The van der Waals surface area contributed by atoms with Crippen LogP contribution in [0.5, 0.6) is 11.5 Å². The van der Waals surface area contributed by atoms with E-state index >= 15 is 0 Å². The monoisotopic (exact) mass is 247 g/mol. The van der Waals surface area contributed by atoms with Gasteiger partial charge in [-0.15, -0.1) is 0 Å². The van der Waals surface area contributed by atoms with Gasteiger partial charge in [0.1, 0.15) is 16.7 Å². The molecule has 0 aliphatic carbocycles. The minimum atomic E-state index is 0.440. The van der Waals surface area contributed by atoms with Crippen LogP contribution in [0.2, 0.25) is 5.15 Å². The van der Waals surface area contributed by atoms with Gasteiger partial charge in [0.25, 0.3) is 0 Å². The Labute approximate surface area is 106 Å². The molecular weight excluding hydrogens is 234 g/mol. The van der Waals surface area contributed by atoms with Gasteiger partial charge in [-0.25, -0.2) is 4.98 Å². The van der Waals surface area contributed by atoms with Gasteiger partial charge in [0.05, 0.1) is 0 Å². The lowest BCUT2D eigenvalue weighted by Gasteiger charge is -2.10. The van der Waals surface area contributed by atoms with Crippen molar-refractivity contribution in [2.24, 2.45) is 0 Å². The Morgan fingerprint density at radius 2 is 1.65 bits per heavy atom. The third-order valence-electron chi connectivity index (χ3n) is 2.44. The lowest BCUT2D eigenvalue weighted by molar-refractivity contribution is 0.477. The van der Waals surface area contributed by atoms with Gasteiger partial charge >= 0.3 is 0 Å². The number of ether oxygens (including phenoxy) is 1. The molecule has 0 fully saturated rings. The average Bonchev–Trinajstić information content (AvgIpc) is 2.22. The van der Waals surface area contributed by atoms with Crippen LogP contribution in [0.4, 0.5) is 0 Å². The molecule has 0 aliphatic heterocycles. The Morgan fingerprint density at radius 1 is 1.00 bits per heavy atom. The lowest BCUT2D eigenvalue weighted by Crippen LogP contribution is -1.90. The first-order valence-corrected chi connectivity index (χ1v) is 5.81. The molecule has 3 heteroatoms. The number of nitrogens with zero attached hydrogens (tertiary/aromatic N) is 1. The van der Waals surface area contributed by atoms with Crippen molar-refractivity contribution in [3.05, 3.63) is 52.3 Å². The highest BCUT2D eigenvalue weighted by molar-refractivity contribution is 6.29. The molecule has 1 heterocycles. The van der Waals surface area contributed by atoms with Crippen LogP contribution in [0.25, 0.3) is 0 Å². The third-order valence-corrected chi connectivity index (χ3v) is 2.65. The standard InChI is InChI=1S/C14H14ClNO/c1-9-4-10(2)6-12(5-9)17-13-7-14(15)16-8-11(13)3/h4-8H,1-3H3. The maximum Gasteiger partial charge on any atom is 0.134 e. The summed E-state index contributed by atoms with van der Waals surface area (Å²) in [5.74, 6) is 1.57. The van der Waals surface area contributed by atoms with Crippen molar-refractivity contribution in [3.8, 4) is 11.5 Å². The van der Waals surface area contributed by atoms with Gasteiger partial charge in [0.15, 0.2) is 0 Å². The van der Waals surface area contributed by atoms with Gasteiger partial charge in [-0.05, 0) is 44.0 Å². The summed E-state index contributed by atoms with van der Waals surface area (Å²) in [5.41, 5.74) is 3.32. The van der Waals surface area contributed by atoms with Crippen LogP contribution in [0, 0.1) is 20.8 Å². The van der Waals surface area contributed by atoms with Gasteiger partial charge in [-0.2, -0.15) is 0 Å². The molecule has 0 aliphatic rings. The quantitative estimate of drug-likeness (QED) is 0.732. The maximum atomic E-state index is 5.85.